The second-order valence-corrected chi connectivity index (χ2v) is 6.15. The number of carbonyl (C=O) groups excluding carboxylic acids is 1. The number of carbonyl (C=O) groups is 1. The molecule has 2 aromatic heterocycles. The molecule has 1 N–H and O–H groups in total. The van der Waals surface area contributed by atoms with Gasteiger partial charge in [0.25, 0.3) is 5.56 Å². The van der Waals surface area contributed by atoms with Crippen molar-refractivity contribution < 1.29 is 13.9 Å². The molecular formula is C22H17N3O4. The van der Waals surface area contributed by atoms with Crippen LogP contribution in [0.15, 0.2) is 94.3 Å². The van der Waals surface area contributed by atoms with E-state index in [-0.39, 0.29) is 12.1 Å². The molecule has 0 aliphatic heterocycles. The predicted octanol–water partition coefficient (Wildman–Crippen LogP) is 3.93. The molecule has 4 rings (SSSR count). The Balaban J connectivity index is 1.51. The van der Waals surface area contributed by atoms with Crippen LogP contribution in [-0.4, -0.2) is 15.7 Å². The molecule has 0 saturated heterocycles. The molecule has 0 aliphatic carbocycles. The number of rotatable bonds is 6. The van der Waals surface area contributed by atoms with Gasteiger partial charge in [-0.1, -0.05) is 30.3 Å². The molecule has 0 aliphatic rings. The Kier molecular flexibility index (Phi) is 5.20. The Morgan fingerprint density at radius 2 is 1.76 bits per heavy atom. The van der Waals surface area contributed by atoms with Crippen molar-refractivity contribution >= 4 is 11.6 Å². The van der Waals surface area contributed by atoms with E-state index in [2.05, 4.69) is 10.4 Å². The normalized spacial score (nSPS) is 10.5. The van der Waals surface area contributed by atoms with Crippen molar-refractivity contribution in [3.63, 3.8) is 0 Å². The molecule has 0 atom stereocenters. The van der Waals surface area contributed by atoms with Crippen LogP contribution in [0.3, 0.4) is 0 Å². The van der Waals surface area contributed by atoms with Gasteiger partial charge in [-0.25, -0.2) is 4.68 Å². The zero-order chi connectivity index (χ0) is 20.1. The first kappa shape index (κ1) is 18.2. The number of nitrogens with zero attached hydrogens (tertiary/aromatic N) is 2. The third-order valence-corrected chi connectivity index (χ3v) is 4.07. The lowest BCUT2D eigenvalue weighted by atomic mass is 10.3. The number of hydrogen-bond donors (Lipinski definition) is 1. The highest BCUT2D eigenvalue weighted by molar-refractivity contribution is 5.92. The summed E-state index contributed by atoms with van der Waals surface area (Å²) in [5, 5.41) is 6.98. The third kappa shape index (κ3) is 4.41. The summed E-state index contributed by atoms with van der Waals surface area (Å²) in [6.45, 7) is -0.243. The molecule has 0 fully saturated rings. The topological polar surface area (TPSA) is 86.4 Å². The minimum atomic E-state index is -0.402. The molecule has 2 heterocycles. The quantitative estimate of drug-likeness (QED) is 0.542. The molecular weight excluding hydrogens is 370 g/mol. The summed E-state index contributed by atoms with van der Waals surface area (Å²) in [4.78, 5) is 24.6. The van der Waals surface area contributed by atoms with Gasteiger partial charge in [-0.3, -0.25) is 9.59 Å². The van der Waals surface area contributed by atoms with Crippen molar-refractivity contribution in [2.75, 3.05) is 5.32 Å². The highest BCUT2D eigenvalue weighted by Gasteiger charge is 2.12. The fraction of sp³-hybridized carbons (Fsp3) is 0.0455. The maximum absolute atomic E-state index is 12.5. The van der Waals surface area contributed by atoms with Crippen molar-refractivity contribution in [3.8, 4) is 23.0 Å². The maximum atomic E-state index is 12.5. The van der Waals surface area contributed by atoms with E-state index in [0.717, 1.165) is 4.68 Å². The zero-order valence-electron chi connectivity index (χ0n) is 15.3. The van der Waals surface area contributed by atoms with Crippen LogP contribution in [0.25, 0.3) is 11.5 Å². The van der Waals surface area contributed by atoms with Gasteiger partial charge in [0.05, 0.1) is 12.0 Å². The van der Waals surface area contributed by atoms with Crippen LogP contribution in [-0.2, 0) is 11.3 Å². The third-order valence-electron chi connectivity index (χ3n) is 4.07. The summed E-state index contributed by atoms with van der Waals surface area (Å²) in [6, 6.07) is 22.7. The largest absolute Gasteiger partial charge is 0.463 e. The molecule has 1 amide bonds. The molecule has 29 heavy (non-hydrogen) atoms. The number of amides is 1. The maximum Gasteiger partial charge on any atom is 0.267 e. The number of para-hydroxylation sites is 3. The molecule has 7 heteroatoms. The average Bonchev–Trinajstić information content (AvgIpc) is 3.27. The van der Waals surface area contributed by atoms with Crippen molar-refractivity contribution in [1.82, 2.24) is 9.78 Å². The van der Waals surface area contributed by atoms with Crippen LogP contribution in [0, 0.1) is 0 Å². The standard InChI is InChI=1S/C22H17N3O4/c26-21(15-25-22(27)13-12-18(24-25)19-11-6-14-28-19)23-17-9-4-5-10-20(17)29-16-7-2-1-3-8-16/h1-14H,15H2,(H,23,26). The van der Waals surface area contributed by atoms with Crippen LogP contribution in [0.2, 0.25) is 0 Å². The summed E-state index contributed by atoms with van der Waals surface area (Å²) in [7, 11) is 0. The molecule has 0 radical (unpaired) electrons. The minimum Gasteiger partial charge on any atom is -0.463 e. The van der Waals surface area contributed by atoms with Crippen LogP contribution < -0.4 is 15.6 Å². The highest BCUT2D eigenvalue weighted by atomic mass is 16.5. The number of hydrogen-bond acceptors (Lipinski definition) is 5. The second-order valence-electron chi connectivity index (χ2n) is 6.15. The van der Waals surface area contributed by atoms with Gasteiger partial charge in [0.15, 0.2) is 11.5 Å². The zero-order valence-corrected chi connectivity index (χ0v) is 15.3. The Bertz CT molecular complexity index is 1170. The first-order chi connectivity index (χ1) is 14.2. The smallest absolute Gasteiger partial charge is 0.267 e. The van der Waals surface area contributed by atoms with E-state index in [9.17, 15) is 9.59 Å². The second kappa shape index (κ2) is 8.26. The van der Waals surface area contributed by atoms with E-state index >= 15 is 0 Å². The lowest BCUT2D eigenvalue weighted by molar-refractivity contribution is -0.117. The van der Waals surface area contributed by atoms with Gasteiger partial charge in [0.2, 0.25) is 5.91 Å². The van der Waals surface area contributed by atoms with Gasteiger partial charge in [-0.15, -0.1) is 0 Å². The first-order valence-electron chi connectivity index (χ1n) is 8.93. The fourth-order valence-corrected chi connectivity index (χ4v) is 2.72. The summed E-state index contributed by atoms with van der Waals surface area (Å²) >= 11 is 0. The number of benzene rings is 2. The van der Waals surface area contributed by atoms with E-state index in [0.29, 0.717) is 28.6 Å². The van der Waals surface area contributed by atoms with Gasteiger partial charge < -0.3 is 14.5 Å². The summed E-state index contributed by atoms with van der Waals surface area (Å²) < 4.78 is 12.2. The summed E-state index contributed by atoms with van der Waals surface area (Å²) in [5.41, 5.74) is 0.580. The molecule has 0 saturated carbocycles. The van der Waals surface area contributed by atoms with Gasteiger partial charge in [0.1, 0.15) is 18.0 Å². The van der Waals surface area contributed by atoms with Gasteiger partial charge in [0, 0.05) is 6.07 Å². The highest BCUT2D eigenvalue weighted by Crippen LogP contribution is 2.29. The number of furan rings is 1. The lowest BCUT2D eigenvalue weighted by Gasteiger charge is -2.12. The number of nitrogens with one attached hydrogen (secondary N) is 1. The number of aromatic nitrogens is 2. The Labute approximate surface area is 166 Å². The Hall–Kier alpha value is -4.13. The minimum absolute atomic E-state index is 0.243. The number of ether oxygens (including phenoxy) is 1. The lowest BCUT2D eigenvalue weighted by Crippen LogP contribution is -2.29. The first-order valence-corrected chi connectivity index (χ1v) is 8.93. The summed E-state index contributed by atoms with van der Waals surface area (Å²) in [6.07, 6.45) is 1.52. The van der Waals surface area contributed by atoms with Crippen LogP contribution in [0.1, 0.15) is 0 Å². The van der Waals surface area contributed by atoms with Crippen molar-refractivity contribution in [1.29, 1.82) is 0 Å². The van der Waals surface area contributed by atoms with Gasteiger partial charge >= 0.3 is 0 Å². The van der Waals surface area contributed by atoms with Crippen LogP contribution in [0.5, 0.6) is 11.5 Å². The fourth-order valence-electron chi connectivity index (χ4n) is 2.72. The van der Waals surface area contributed by atoms with Crippen LogP contribution in [0.4, 0.5) is 5.69 Å². The molecule has 2 aromatic carbocycles. The molecule has 4 aromatic rings. The van der Waals surface area contributed by atoms with Gasteiger partial charge in [-0.05, 0) is 42.5 Å². The van der Waals surface area contributed by atoms with Crippen molar-refractivity contribution in [2.45, 2.75) is 6.54 Å². The van der Waals surface area contributed by atoms with E-state index in [1.54, 1.807) is 36.4 Å². The average molecular weight is 387 g/mol. The SMILES string of the molecule is O=C(Cn1nc(-c2ccco2)ccc1=O)Nc1ccccc1Oc1ccccc1. The summed E-state index contributed by atoms with van der Waals surface area (Å²) in [5.74, 6) is 1.26. The molecule has 144 valence electrons. The molecule has 0 bridgehead atoms. The Morgan fingerprint density at radius 3 is 2.55 bits per heavy atom. The monoisotopic (exact) mass is 387 g/mol. The van der Waals surface area contributed by atoms with E-state index in [1.165, 1.54) is 12.3 Å². The van der Waals surface area contributed by atoms with Gasteiger partial charge in [-0.2, -0.15) is 5.10 Å². The van der Waals surface area contributed by atoms with Crippen molar-refractivity contribution in [3.05, 3.63) is 95.5 Å². The van der Waals surface area contributed by atoms with Crippen LogP contribution >= 0.6 is 0 Å². The van der Waals surface area contributed by atoms with E-state index in [4.69, 9.17) is 9.15 Å². The predicted molar refractivity (Wildman–Crippen MR) is 108 cm³/mol. The van der Waals surface area contributed by atoms with Crippen molar-refractivity contribution in [2.24, 2.45) is 0 Å². The molecule has 0 unspecified atom stereocenters. The molecule has 0 spiro atoms. The molecule has 7 nitrogen and oxygen atoms in total. The number of anilines is 1. The van der Waals surface area contributed by atoms with E-state index in [1.807, 2.05) is 36.4 Å². The van der Waals surface area contributed by atoms with E-state index < -0.39 is 5.91 Å². The Morgan fingerprint density at radius 1 is 0.966 bits per heavy atom.